The van der Waals surface area contributed by atoms with Crippen LogP contribution in [0.5, 0.6) is 0 Å². The molecule has 0 spiro atoms. The van der Waals surface area contributed by atoms with Crippen molar-refractivity contribution in [1.82, 2.24) is 4.98 Å². The summed E-state index contributed by atoms with van der Waals surface area (Å²) in [5.74, 6) is 0.884. The molecule has 0 saturated heterocycles. The van der Waals surface area contributed by atoms with Crippen LogP contribution in [0.25, 0.3) is 0 Å². The summed E-state index contributed by atoms with van der Waals surface area (Å²) in [6.45, 7) is 3.11. The van der Waals surface area contributed by atoms with Crippen molar-refractivity contribution in [2.45, 2.75) is 26.4 Å². The average molecular weight is 254 g/mol. The molecule has 1 aromatic carbocycles. The molecule has 1 N–H and O–H groups in total. The highest BCUT2D eigenvalue weighted by Gasteiger charge is 2.20. The number of hydrogen-bond donors (Lipinski definition) is 1. The molecule has 0 bridgehead atoms. The molecular weight excluding hydrogens is 236 g/mol. The van der Waals surface area contributed by atoms with E-state index in [1.54, 1.807) is 6.20 Å². The van der Waals surface area contributed by atoms with E-state index in [1.807, 2.05) is 12.1 Å². The Labute approximate surface area is 113 Å². The van der Waals surface area contributed by atoms with Gasteiger partial charge in [-0.25, -0.2) is 4.98 Å². The number of anilines is 2. The molecule has 1 aliphatic rings. The average Bonchev–Trinajstić information content (AvgIpc) is 2.46. The van der Waals surface area contributed by atoms with Crippen molar-refractivity contribution >= 4 is 11.5 Å². The van der Waals surface area contributed by atoms with Gasteiger partial charge in [0.05, 0.1) is 6.61 Å². The van der Waals surface area contributed by atoms with E-state index < -0.39 is 0 Å². The summed E-state index contributed by atoms with van der Waals surface area (Å²) in [4.78, 5) is 6.69. The number of pyridine rings is 1. The topological polar surface area (TPSA) is 36.4 Å². The minimum atomic E-state index is 0.0286. The Balaban J connectivity index is 2.08. The fraction of sp³-hybridized carbons (Fsp3) is 0.312. The zero-order chi connectivity index (χ0) is 13.2. The van der Waals surface area contributed by atoms with Crippen molar-refractivity contribution < 1.29 is 5.11 Å². The predicted molar refractivity (Wildman–Crippen MR) is 76.7 cm³/mol. The molecular formula is C16H18N2O. The van der Waals surface area contributed by atoms with Crippen LogP contribution in [0.4, 0.5) is 11.5 Å². The minimum absolute atomic E-state index is 0.0286. The Hall–Kier alpha value is -1.87. The van der Waals surface area contributed by atoms with E-state index >= 15 is 0 Å². The number of aliphatic hydroxyl groups is 1. The van der Waals surface area contributed by atoms with Gasteiger partial charge in [0, 0.05) is 24.0 Å². The molecule has 2 aromatic rings. The molecule has 3 nitrogen and oxygen atoms in total. The molecule has 0 aliphatic carbocycles. The molecule has 0 atom stereocenters. The van der Waals surface area contributed by atoms with Gasteiger partial charge in [0.25, 0.3) is 0 Å². The van der Waals surface area contributed by atoms with Gasteiger partial charge in [0.15, 0.2) is 0 Å². The van der Waals surface area contributed by atoms with Crippen molar-refractivity contribution in [3.8, 4) is 0 Å². The van der Waals surface area contributed by atoms with E-state index in [4.69, 9.17) is 0 Å². The lowest BCUT2D eigenvalue weighted by Gasteiger charge is -2.31. The number of aromatic nitrogens is 1. The number of benzene rings is 1. The first-order valence-corrected chi connectivity index (χ1v) is 6.71. The molecule has 98 valence electrons. The molecule has 3 rings (SSSR count). The molecule has 0 amide bonds. The van der Waals surface area contributed by atoms with Gasteiger partial charge in [-0.1, -0.05) is 23.8 Å². The van der Waals surface area contributed by atoms with Gasteiger partial charge in [0.2, 0.25) is 0 Å². The molecule has 1 aromatic heterocycles. The summed E-state index contributed by atoms with van der Waals surface area (Å²) in [5, 5.41) is 9.47. The predicted octanol–water partition coefficient (Wildman–Crippen LogP) is 2.97. The standard InChI is InChI=1S/C16H18N2O/c1-12-6-7-15-13(10-12)5-3-9-18(15)16-14(11-19)4-2-8-17-16/h2,4,6-8,10,19H,3,5,9,11H2,1H3. The summed E-state index contributed by atoms with van der Waals surface area (Å²) in [5.41, 5.74) is 4.78. The van der Waals surface area contributed by atoms with Gasteiger partial charge in [-0.05, 0) is 37.5 Å². The van der Waals surface area contributed by atoms with E-state index in [0.717, 1.165) is 30.8 Å². The summed E-state index contributed by atoms with van der Waals surface area (Å²) in [6.07, 6.45) is 4.03. The van der Waals surface area contributed by atoms with Gasteiger partial charge in [-0.15, -0.1) is 0 Å². The van der Waals surface area contributed by atoms with E-state index in [1.165, 1.54) is 16.8 Å². The first-order chi connectivity index (χ1) is 9.29. The molecule has 3 heteroatoms. The second kappa shape index (κ2) is 5.02. The van der Waals surface area contributed by atoms with Gasteiger partial charge in [-0.3, -0.25) is 0 Å². The highest BCUT2D eigenvalue weighted by molar-refractivity contribution is 5.67. The lowest BCUT2D eigenvalue weighted by atomic mass is 9.99. The van der Waals surface area contributed by atoms with E-state index in [0.29, 0.717) is 0 Å². The fourth-order valence-corrected chi connectivity index (χ4v) is 2.74. The highest BCUT2D eigenvalue weighted by Crippen LogP contribution is 2.34. The first kappa shape index (κ1) is 12.2. The summed E-state index contributed by atoms with van der Waals surface area (Å²) >= 11 is 0. The smallest absolute Gasteiger partial charge is 0.138 e. The normalized spacial score (nSPS) is 14.3. The van der Waals surface area contributed by atoms with Crippen LogP contribution in [-0.4, -0.2) is 16.6 Å². The van der Waals surface area contributed by atoms with Gasteiger partial charge in [-0.2, -0.15) is 0 Å². The van der Waals surface area contributed by atoms with Gasteiger partial charge < -0.3 is 10.0 Å². The van der Waals surface area contributed by atoms with E-state index in [2.05, 4.69) is 35.0 Å². The van der Waals surface area contributed by atoms with Crippen molar-refractivity contribution in [2.24, 2.45) is 0 Å². The Bertz CT molecular complexity index is 595. The number of fused-ring (bicyclic) bond motifs is 1. The zero-order valence-electron chi connectivity index (χ0n) is 11.1. The number of rotatable bonds is 2. The van der Waals surface area contributed by atoms with Crippen LogP contribution in [0, 0.1) is 6.92 Å². The van der Waals surface area contributed by atoms with Crippen molar-refractivity contribution in [2.75, 3.05) is 11.4 Å². The molecule has 0 fully saturated rings. The Kier molecular flexibility index (Phi) is 3.22. The number of aliphatic hydroxyl groups excluding tert-OH is 1. The van der Waals surface area contributed by atoms with Crippen LogP contribution in [0.15, 0.2) is 36.5 Å². The maximum Gasteiger partial charge on any atom is 0.138 e. The van der Waals surface area contributed by atoms with Crippen LogP contribution in [-0.2, 0) is 13.0 Å². The van der Waals surface area contributed by atoms with Gasteiger partial charge in [0.1, 0.15) is 5.82 Å². The third-order valence-corrected chi connectivity index (χ3v) is 3.65. The van der Waals surface area contributed by atoms with E-state index in [-0.39, 0.29) is 6.61 Å². The summed E-state index contributed by atoms with van der Waals surface area (Å²) < 4.78 is 0. The Morgan fingerprint density at radius 1 is 1.32 bits per heavy atom. The van der Waals surface area contributed by atoms with Crippen LogP contribution in [0.2, 0.25) is 0 Å². The lowest BCUT2D eigenvalue weighted by molar-refractivity contribution is 0.281. The Morgan fingerprint density at radius 2 is 2.21 bits per heavy atom. The van der Waals surface area contributed by atoms with Crippen LogP contribution in [0.1, 0.15) is 23.1 Å². The van der Waals surface area contributed by atoms with Crippen LogP contribution >= 0.6 is 0 Å². The van der Waals surface area contributed by atoms with E-state index in [9.17, 15) is 5.11 Å². The van der Waals surface area contributed by atoms with Crippen molar-refractivity contribution in [3.63, 3.8) is 0 Å². The number of hydrogen-bond acceptors (Lipinski definition) is 3. The molecule has 1 aliphatic heterocycles. The molecule has 2 heterocycles. The summed E-state index contributed by atoms with van der Waals surface area (Å²) in [6, 6.07) is 10.4. The number of aryl methyl sites for hydroxylation is 2. The summed E-state index contributed by atoms with van der Waals surface area (Å²) in [7, 11) is 0. The SMILES string of the molecule is Cc1ccc2c(c1)CCCN2c1ncccc1CO. The minimum Gasteiger partial charge on any atom is -0.392 e. The lowest BCUT2D eigenvalue weighted by Crippen LogP contribution is -2.26. The molecule has 0 radical (unpaired) electrons. The zero-order valence-corrected chi connectivity index (χ0v) is 11.1. The maximum absolute atomic E-state index is 9.47. The van der Waals surface area contributed by atoms with Crippen LogP contribution in [0.3, 0.4) is 0 Å². The molecule has 0 saturated carbocycles. The second-order valence-electron chi connectivity index (χ2n) is 5.03. The third kappa shape index (κ3) is 2.22. The molecule has 0 unspecified atom stereocenters. The largest absolute Gasteiger partial charge is 0.392 e. The molecule has 19 heavy (non-hydrogen) atoms. The first-order valence-electron chi connectivity index (χ1n) is 6.71. The monoisotopic (exact) mass is 254 g/mol. The maximum atomic E-state index is 9.47. The highest BCUT2D eigenvalue weighted by atomic mass is 16.3. The van der Waals surface area contributed by atoms with Crippen LogP contribution < -0.4 is 4.90 Å². The Morgan fingerprint density at radius 3 is 3.05 bits per heavy atom. The fourth-order valence-electron chi connectivity index (χ4n) is 2.74. The third-order valence-electron chi connectivity index (χ3n) is 3.65. The van der Waals surface area contributed by atoms with Crippen molar-refractivity contribution in [1.29, 1.82) is 0 Å². The van der Waals surface area contributed by atoms with Crippen molar-refractivity contribution in [3.05, 3.63) is 53.2 Å². The van der Waals surface area contributed by atoms with Gasteiger partial charge >= 0.3 is 0 Å². The quantitative estimate of drug-likeness (QED) is 0.895. The number of nitrogens with zero attached hydrogens (tertiary/aromatic N) is 2. The second-order valence-corrected chi connectivity index (χ2v) is 5.03.